The van der Waals surface area contributed by atoms with Crippen molar-refractivity contribution in [1.29, 1.82) is 0 Å². The molecule has 2 aliphatic heterocycles. The molecule has 7 nitrogen and oxygen atoms in total. The second-order valence-corrected chi connectivity index (χ2v) is 9.66. The van der Waals surface area contributed by atoms with Crippen LogP contribution in [0.4, 0.5) is 18.9 Å². The Kier molecular flexibility index (Phi) is 6.13. The summed E-state index contributed by atoms with van der Waals surface area (Å²) < 4.78 is 69.7. The van der Waals surface area contributed by atoms with Crippen LogP contribution in [0.3, 0.4) is 0 Å². The number of hydrogen-bond donors (Lipinski definition) is 0. The normalized spacial score (nSPS) is 17.3. The Balaban J connectivity index is 1.57. The zero-order chi connectivity index (χ0) is 22.9. The van der Waals surface area contributed by atoms with Gasteiger partial charge in [0.2, 0.25) is 15.9 Å². The van der Waals surface area contributed by atoms with Gasteiger partial charge in [0, 0.05) is 31.5 Å². The highest BCUT2D eigenvalue weighted by Gasteiger charge is 2.33. The molecule has 0 N–H and O–H groups in total. The van der Waals surface area contributed by atoms with E-state index in [4.69, 9.17) is 4.74 Å². The number of hydrogen-bond acceptors (Lipinski definition) is 5. The number of rotatable bonds is 5. The highest BCUT2D eigenvalue weighted by atomic mass is 32.2. The van der Waals surface area contributed by atoms with E-state index < -0.39 is 34.6 Å². The fourth-order valence-corrected chi connectivity index (χ4v) is 5.54. The van der Waals surface area contributed by atoms with Crippen molar-refractivity contribution in [1.82, 2.24) is 9.29 Å². The summed E-state index contributed by atoms with van der Waals surface area (Å²) in [6.07, 6.45) is -0.210. The van der Waals surface area contributed by atoms with E-state index in [0.717, 1.165) is 19.3 Å². The number of benzene rings is 1. The molecule has 32 heavy (non-hydrogen) atoms. The molecule has 0 saturated carbocycles. The van der Waals surface area contributed by atoms with Crippen LogP contribution in [0.15, 0.2) is 41.4 Å². The fourth-order valence-electron chi connectivity index (χ4n) is 3.97. The minimum Gasteiger partial charge on any atom is -0.467 e. The van der Waals surface area contributed by atoms with E-state index >= 15 is 0 Å². The number of carbonyl (C=O) groups is 1. The zero-order valence-electron chi connectivity index (χ0n) is 17.1. The second kappa shape index (κ2) is 8.70. The molecular formula is C21H22F3N3O4S. The van der Waals surface area contributed by atoms with Gasteiger partial charge in [0.15, 0.2) is 6.61 Å². The van der Waals surface area contributed by atoms with Gasteiger partial charge in [-0.3, -0.25) is 4.79 Å². The van der Waals surface area contributed by atoms with Crippen molar-refractivity contribution in [3.05, 3.63) is 47.7 Å². The number of aromatic nitrogens is 1. The SMILES string of the molecule is O=C(c1cccnc1OCC(F)(F)F)N1CCc2cc(S(=O)(=O)N3CCCCC3)ccc21. The average Bonchev–Trinajstić information content (AvgIpc) is 3.21. The zero-order valence-corrected chi connectivity index (χ0v) is 18.0. The number of carbonyl (C=O) groups excluding carboxylic acids is 1. The number of pyridine rings is 1. The largest absolute Gasteiger partial charge is 0.467 e. The maximum absolute atomic E-state index is 13.1. The first kappa shape index (κ1) is 22.5. The van der Waals surface area contributed by atoms with Crippen LogP contribution in [0.2, 0.25) is 0 Å². The van der Waals surface area contributed by atoms with Gasteiger partial charge in [-0.2, -0.15) is 17.5 Å². The molecule has 0 radical (unpaired) electrons. The number of fused-ring (bicyclic) bond motifs is 1. The number of anilines is 1. The van der Waals surface area contributed by atoms with Gasteiger partial charge in [0.05, 0.1) is 4.90 Å². The number of alkyl halides is 3. The van der Waals surface area contributed by atoms with Crippen molar-refractivity contribution < 1.29 is 31.1 Å². The lowest BCUT2D eigenvalue weighted by molar-refractivity contribution is -0.154. The molecule has 0 atom stereocenters. The lowest BCUT2D eigenvalue weighted by Crippen LogP contribution is -2.35. The highest BCUT2D eigenvalue weighted by molar-refractivity contribution is 7.89. The van der Waals surface area contributed by atoms with Gasteiger partial charge < -0.3 is 9.64 Å². The molecule has 0 aliphatic carbocycles. The molecule has 4 rings (SSSR count). The van der Waals surface area contributed by atoms with Crippen LogP contribution in [0.1, 0.15) is 35.2 Å². The van der Waals surface area contributed by atoms with E-state index in [-0.39, 0.29) is 17.0 Å². The molecule has 1 aromatic carbocycles. The first-order valence-electron chi connectivity index (χ1n) is 10.3. The maximum atomic E-state index is 13.1. The Hall–Kier alpha value is -2.66. The Morgan fingerprint density at radius 3 is 2.56 bits per heavy atom. The summed E-state index contributed by atoms with van der Waals surface area (Å²) in [6.45, 7) is -0.301. The predicted octanol–water partition coefficient (Wildman–Crippen LogP) is 3.40. The fraction of sp³-hybridized carbons (Fsp3) is 0.429. The van der Waals surface area contributed by atoms with Crippen molar-refractivity contribution >= 4 is 21.6 Å². The Labute approximate surface area is 183 Å². The van der Waals surface area contributed by atoms with Crippen molar-refractivity contribution in [2.75, 3.05) is 31.1 Å². The third-order valence-electron chi connectivity index (χ3n) is 5.52. The quantitative estimate of drug-likeness (QED) is 0.671. The molecule has 1 aromatic heterocycles. The average molecular weight is 469 g/mol. The van der Waals surface area contributed by atoms with E-state index in [1.807, 2.05) is 0 Å². The van der Waals surface area contributed by atoms with Gasteiger partial charge >= 0.3 is 6.18 Å². The van der Waals surface area contributed by atoms with Crippen LogP contribution >= 0.6 is 0 Å². The summed E-state index contributed by atoms with van der Waals surface area (Å²) in [7, 11) is -3.61. The van der Waals surface area contributed by atoms with Gasteiger partial charge in [-0.25, -0.2) is 13.4 Å². The Morgan fingerprint density at radius 2 is 1.84 bits per heavy atom. The van der Waals surface area contributed by atoms with Crippen LogP contribution < -0.4 is 9.64 Å². The number of sulfonamides is 1. The molecule has 1 fully saturated rings. The van der Waals surface area contributed by atoms with Gasteiger partial charge in [0.1, 0.15) is 5.56 Å². The van der Waals surface area contributed by atoms with Crippen LogP contribution in [-0.2, 0) is 16.4 Å². The standard InChI is InChI=1S/C21H22F3N3O4S/c22-21(23,24)14-31-19-17(5-4-9-25-19)20(28)27-12-8-15-13-16(6-7-18(15)27)32(29,30)26-10-2-1-3-11-26/h4-7,9,13H,1-3,8,10-12,14H2. The molecule has 2 aliphatic rings. The van der Waals surface area contributed by atoms with E-state index in [1.165, 1.54) is 33.6 Å². The number of nitrogens with zero attached hydrogens (tertiary/aromatic N) is 3. The number of halogens is 3. The van der Waals surface area contributed by atoms with Crippen molar-refractivity contribution in [2.24, 2.45) is 0 Å². The number of piperidine rings is 1. The van der Waals surface area contributed by atoms with Crippen molar-refractivity contribution in [2.45, 2.75) is 36.8 Å². The molecule has 172 valence electrons. The summed E-state index contributed by atoms with van der Waals surface area (Å²) >= 11 is 0. The molecule has 1 saturated heterocycles. The molecule has 0 unspecified atom stereocenters. The Bertz CT molecular complexity index is 1120. The van der Waals surface area contributed by atoms with Crippen molar-refractivity contribution in [3.8, 4) is 5.88 Å². The first-order valence-corrected chi connectivity index (χ1v) is 11.7. The molecule has 3 heterocycles. The molecule has 1 amide bonds. The molecular weight excluding hydrogens is 447 g/mol. The smallest absolute Gasteiger partial charge is 0.422 e. The van der Waals surface area contributed by atoms with Gasteiger partial charge in [-0.1, -0.05) is 6.42 Å². The number of ether oxygens (including phenoxy) is 1. The van der Waals surface area contributed by atoms with E-state index in [1.54, 1.807) is 12.1 Å². The lowest BCUT2D eigenvalue weighted by atomic mass is 10.1. The maximum Gasteiger partial charge on any atom is 0.422 e. The monoisotopic (exact) mass is 469 g/mol. The summed E-state index contributed by atoms with van der Waals surface area (Å²) in [5.41, 5.74) is 1.13. The minimum absolute atomic E-state index is 0.0883. The summed E-state index contributed by atoms with van der Waals surface area (Å²) in [4.78, 5) is 18.4. The predicted molar refractivity (Wildman–Crippen MR) is 110 cm³/mol. The van der Waals surface area contributed by atoms with Crippen LogP contribution in [0.5, 0.6) is 5.88 Å². The molecule has 11 heteroatoms. The first-order chi connectivity index (χ1) is 15.2. The number of amides is 1. The van der Waals surface area contributed by atoms with Crippen LogP contribution in [0.25, 0.3) is 0 Å². The van der Waals surface area contributed by atoms with Gasteiger partial charge in [-0.15, -0.1) is 0 Å². The summed E-state index contributed by atoms with van der Waals surface area (Å²) in [5, 5.41) is 0. The third kappa shape index (κ3) is 4.58. The van der Waals surface area contributed by atoms with Crippen LogP contribution in [-0.4, -0.2) is 56.0 Å². The lowest BCUT2D eigenvalue weighted by Gasteiger charge is -2.26. The third-order valence-corrected chi connectivity index (χ3v) is 7.41. The highest BCUT2D eigenvalue weighted by Crippen LogP contribution is 2.34. The molecule has 2 aromatic rings. The summed E-state index contributed by atoms with van der Waals surface area (Å²) in [5.74, 6) is -0.951. The van der Waals surface area contributed by atoms with Gasteiger partial charge in [0.25, 0.3) is 5.91 Å². The topological polar surface area (TPSA) is 79.8 Å². The van der Waals surface area contributed by atoms with Gasteiger partial charge in [-0.05, 0) is 55.2 Å². The summed E-state index contributed by atoms with van der Waals surface area (Å²) in [6, 6.07) is 7.42. The van der Waals surface area contributed by atoms with E-state index in [9.17, 15) is 26.4 Å². The minimum atomic E-state index is -4.56. The molecule has 0 bridgehead atoms. The Morgan fingerprint density at radius 1 is 1.09 bits per heavy atom. The van der Waals surface area contributed by atoms with Crippen molar-refractivity contribution in [3.63, 3.8) is 0 Å². The second-order valence-electron chi connectivity index (χ2n) is 7.72. The van der Waals surface area contributed by atoms with E-state index in [0.29, 0.717) is 30.8 Å². The van der Waals surface area contributed by atoms with Crippen LogP contribution in [0, 0.1) is 0 Å². The molecule has 0 spiro atoms. The van der Waals surface area contributed by atoms with E-state index in [2.05, 4.69) is 4.98 Å².